The molecule has 2 amide bonds. The van der Waals surface area contributed by atoms with Gasteiger partial charge in [-0.2, -0.15) is 5.06 Å². The highest BCUT2D eigenvalue weighted by atomic mass is 16.5. The highest BCUT2D eigenvalue weighted by Gasteiger charge is 2.42. The van der Waals surface area contributed by atoms with Crippen LogP contribution in [0.3, 0.4) is 0 Å². The van der Waals surface area contributed by atoms with E-state index in [0.717, 1.165) is 10.8 Å². The van der Waals surface area contributed by atoms with Crippen molar-refractivity contribution in [2.24, 2.45) is 5.92 Å². The van der Waals surface area contributed by atoms with E-state index in [2.05, 4.69) is 0 Å². The molecule has 2 aromatic rings. The first-order valence-corrected chi connectivity index (χ1v) is 6.76. The van der Waals surface area contributed by atoms with E-state index in [4.69, 9.17) is 9.94 Å². The minimum Gasteiger partial charge on any atom is -0.486 e. The fourth-order valence-corrected chi connectivity index (χ4v) is 2.38. The van der Waals surface area contributed by atoms with Crippen LogP contribution in [0, 0.1) is 5.92 Å². The minimum atomic E-state index is -1.15. The fraction of sp³-hybridized carbons (Fsp3) is 0.188. The van der Waals surface area contributed by atoms with E-state index in [1.807, 2.05) is 30.3 Å². The number of imide groups is 1. The molecule has 0 saturated carbocycles. The number of hydrogen-bond donors (Lipinski definition) is 1. The molecular weight excluding hydrogens is 286 g/mol. The van der Waals surface area contributed by atoms with Gasteiger partial charge in [-0.15, -0.1) is 0 Å². The molecule has 1 unspecified atom stereocenters. The molecule has 1 aliphatic rings. The van der Waals surface area contributed by atoms with Crippen molar-refractivity contribution in [2.75, 3.05) is 6.61 Å². The van der Waals surface area contributed by atoms with E-state index in [-0.39, 0.29) is 18.1 Å². The molecule has 0 radical (unpaired) electrons. The van der Waals surface area contributed by atoms with Crippen LogP contribution in [0.25, 0.3) is 10.8 Å². The zero-order valence-corrected chi connectivity index (χ0v) is 11.6. The summed E-state index contributed by atoms with van der Waals surface area (Å²) in [7, 11) is 0. The van der Waals surface area contributed by atoms with Gasteiger partial charge in [0, 0.05) is 6.42 Å². The highest BCUT2D eigenvalue weighted by molar-refractivity contribution is 6.13. The standard InChI is InChI=1S/C16H13NO5/c18-14(13-8-15(19)17(21)16(13)20)9-22-12-6-5-10-3-1-2-4-11(10)7-12/h1-7,13,21H,8-9H2. The van der Waals surface area contributed by atoms with Gasteiger partial charge in [-0.25, -0.2) is 0 Å². The number of fused-ring (bicyclic) bond motifs is 1. The lowest BCUT2D eigenvalue weighted by Gasteiger charge is -2.09. The van der Waals surface area contributed by atoms with Crippen molar-refractivity contribution in [1.82, 2.24) is 5.06 Å². The van der Waals surface area contributed by atoms with E-state index in [0.29, 0.717) is 5.75 Å². The number of rotatable bonds is 4. The fourth-order valence-electron chi connectivity index (χ4n) is 2.38. The number of amides is 2. The van der Waals surface area contributed by atoms with Gasteiger partial charge < -0.3 is 4.74 Å². The van der Waals surface area contributed by atoms with Gasteiger partial charge in [0.25, 0.3) is 11.8 Å². The average Bonchev–Trinajstić information content (AvgIpc) is 2.80. The van der Waals surface area contributed by atoms with Gasteiger partial charge in [0.1, 0.15) is 18.3 Å². The topological polar surface area (TPSA) is 83.9 Å². The van der Waals surface area contributed by atoms with Gasteiger partial charge in [0.15, 0.2) is 5.78 Å². The van der Waals surface area contributed by atoms with Crippen LogP contribution in [0.15, 0.2) is 42.5 Å². The zero-order valence-electron chi connectivity index (χ0n) is 11.6. The summed E-state index contributed by atoms with van der Waals surface area (Å²) in [5, 5.41) is 11.2. The smallest absolute Gasteiger partial charge is 0.264 e. The van der Waals surface area contributed by atoms with Gasteiger partial charge in [-0.1, -0.05) is 30.3 Å². The quantitative estimate of drug-likeness (QED) is 0.526. The van der Waals surface area contributed by atoms with Crippen molar-refractivity contribution < 1.29 is 24.3 Å². The Balaban J connectivity index is 1.67. The van der Waals surface area contributed by atoms with Crippen LogP contribution in [0.2, 0.25) is 0 Å². The molecule has 0 aromatic heterocycles. The third-order valence-electron chi connectivity index (χ3n) is 3.61. The summed E-state index contributed by atoms with van der Waals surface area (Å²) in [6.45, 7) is -0.324. The predicted molar refractivity (Wildman–Crippen MR) is 76.2 cm³/mol. The second kappa shape index (κ2) is 5.57. The first kappa shape index (κ1) is 14.2. The van der Waals surface area contributed by atoms with Crippen LogP contribution in [0.4, 0.5) is 0 Å². The molecule has 1 aliphatic heterocycles. The molecule has 1 atom stereocenters. The third-order valence-corrected chi connectivity index (χ3v) is 3.61. The SMILES string of the molecule is O=C(COc1ccc2ccccc2c1)C1CC(=O)N(O)C1=O. The lowest BCUT2D eigenvalue weighted by Crippen LogP contribution is -2.31. The Morgan fingerprint density at radius 3 is 2.59 bits per heavy atom. The maximum atomic E-state index is 11.9. The Kier molecular flexibility index (Phi) is 3.60. The van der Waals surface area contributed by atoms with Gasteiger partial charge in [-0.05, 0) is 22.9 Å². The molecule has 1 saturated heterocycles. The van der Waals surface area contributed by atoms with Crippen molar-refractivity contribution in [3.63, 3.8) is 0 Å². The maximum absolute atomic E-state index is 11.9. The Labute approximate surface area is 125 Å². The lowest BCUT2D eigenvalue weighted by atomic mass is 10.0. The zero-order chi connectivity index (χ0) is 15.7. The van der Waals surface area contributed by atoms with Gasteiger partial charge in [0.05, 0.1) is 0 Å². The molecular formula is C16H13NO5. The number of ether oxygens (including phenoxy) is 1. The van der Waals surface area contributed by atoms with Gasteiger partial charge in [0.2, 0.25) is 0 Å². The number of carbonyl (C=O) groups excluding carboxylic acids is 3. The molecule has 0 aliphatic carbocycles. The monoisotopic (exact) mass is 299 g/mol. The number of ketones is 1. The van der Waals surface area contributed by atoms with Crippen LogP contribution >= 0.6 is 0 Å². The summed E-state index contributed by atoms with van der Waals surface area (Å²) in [6.07, 6.45) is -0.310. The highest BCUT2D eigenvalue weighted by Crippen LogP contribution is 2.22. The van der Waals surface area contributed by atoms with Crippen LogP contribution < -0.4 is 4.74 Å². The van der Waals surface area contributed by atoms with Crippen LogP contribution in [0.1, 0.15) is 6.42 Å². The van der Waals surface area contributed by atoms with Crippen molar-refractivity contribution >= 4 is 28.4 Å². The Bertz CT molecular complexity index is 770. The first-order valence-electron chi connectivity index (χ1n) is 6.76. The van der Waals surface area contributed by atoms with E-state index >= 15 is 0 Å². The third kappa shape index (κ3) is 2.56. The van der Waals surface area contributed by atoms with Crippen molar-refractivity contribution in [2.45, 2.75) is 6.42 Å². The second-order valence-electron chi connectivity index (χ2n) is 5.06. The van der Waals surface area contributed by atoms with Crippen molar-refractivity contribution in [3.8, 4) is 5.75 Å². The summed E-state index contributed by atoms with van der Waals surface area (Å²) in [4.78, 5) is 34.7. The predicted octanol–water partition coefficient (Wildman–Crippen LogP) is 1.55. The summed E-state index contributed by atoms with van der Waals surface area (Å²) in [6, 6.07) is 13.1. The Morgan fingerprint density at radius 1 is 1.18 bits per heavy atom. The molecule has 6 nitrogen and oxygen atoms in total. The lowest BCUT2D eigenvalue weighted by molar-refractivity contribution is -0.172. The molecule has 3 rings (SSSR count). The average molecular weight is 299 g/mol. The molecule has 1 fully saturated rings. The van der Waals surface area contributed by atoms with Crippen LogP contribution in [-0.2, 0) is 14.4 Å². The minimum absolute atomic E-state index is 0.00140. The Morgan fingerprint density at radius 2 is 1.91 bits per heavy atom. The van der Waals surface area contributed by atoms with Crippen LogP contribution in [0.5, 0.6) is 5.75 Å². The first-order chi connectivity index (χ1) is 10.6. The number of nitrogens with zero attached hydrogens (tertiary/aromatic N) is 1. The second-order valence-corrected chi connectivity index (χ2v) is 5.06. The molecule has 22 heavy (non-hydrogen) atoms. The number of hydroxylamine groups is 2. The molecule has 112 valence electrons. The van der Waals surface area contributed by atoms with E-state index in [9.17, 15) is 14.4 Å². The largest absolute Gasteiger partial charge is 0.486 e. The van der Waals surface area contributed by atoms with E-state index < -0.39 is 23.5 Å². The van der Waals surface area contributed by atoms with Crippen LogP contribution in [-0.4, -0.2) is 34.5 Å². The normalized spacial score (nSPS) is 18.0. The number of hydrogen-bond acceptors (Lipinski definition) is 5. The molecule has 1 N–H and O–H groups in total. The van der Waals surface area contributed by atoms with Crippen molar-refractivity contribution in [1.29, 1.82) is 0 Å². The molecule has 2 aromatic carbocycles. The summed E-state index contributed by atoms with van der Waals surface area (Å²) in [5.41, 5.74) is 0. The molecule has 1 heterocycles. The molecule has 0 spiro atoms. The number of benzene rings is 2. The summed E-state index contributed by atoms with van der Waals surface area (Å²) in [5.74, 6) is -2.84. The Hall–Kier alpha value is -2.73. The number of Topliss-reactive ketones (excluding diaryl/α,β-unsaturated/α-hetero) is 1. The van der Waals surface area contributed by atoms with Gasteiger partial charge in [-0.3, -0.25) is 19.6 Å². The van der Waals surface area contributed by atoms with E-state index in [1.54, 1.807) is 12.1 Å². The summed E-state index contributed by atoms with van der Waals surface area (Å²) >= 11 is 0. The number of carbonyl (C=O) groups is 3. The van der Waals surface area contributed by atoms with E-state index in [1.165, 1.54) is 0 Å². The molecule has 6 heteroatoms. The maximum Gasteiger partial charge on any atom is 0.264 e. The molecule has 0 bridgehead atoms. The van der Waals surface area contributed by atoms with Gasteiger partial charge >= 0.3 is 0 Å². The summed E-state index contributed by atoms with van der Waals surface area (Å²) < 4.78 is 5.39. The van der Waals surface area contributed by atoms with Crippen molar-refractivity contribution in [3.05, 3.63) is 42.5 Å².